The number of nitrogens with two attached hydrogens (primary N) is 2. The van der Waals surface area contributed by atoms with Gasteiger partial charge in [0.15, 0.2) is 6.29 Å². The summed E-state index contributed by atoms with van der Waals surface area (Å²) in [4.78, 5) is 69.3. The molecule has 1 aromatic rings. The first-order valence-electron chi connectivity index (χ1n) is 17.7. The molecule has 0 bridgehead atoms. The molecule has 3 fully saturated rings. The fourth-order valence-corrected chi connectivity index (χ4v) is 6.78. The van der Waals surface area contributed by atoms with Crippen LogP contribution in [-0.2, 0) is 14.4 Å². The minimum absolute atomic E-state index is 0.0639. The molecule has 0 radical (unpaired) electrons. The summed E-state index contributed by atoms with van der Waals surface area (Å²) in [5.74, 6) is 0.187. The van der Waals surface area contributed by atoms with Crippen LogP contribution < -0.4 is 27.0 Å². The second-order valence-corrected chi connectivity index (χ2v) is 13.4. The number of anilines is 1. The Morgan fingerprint density at radius 3 is 2.37 bits per heavy atom. The zero-order chi connectivity index (χ0) is 35.3. The number of benzene rings is 1. The molecule has 0 aromatic heterocycles. The van der Waals surface area contributed by atoms with Crippen molar-refractivity contribution in [2.24, 2.45) is 17.4 Å². The number of nitrogens with zero attached hydrogens (tertiary/aromatic N) is 4. The molecule has 3 aliphatic rings. The number of unbranched alkanes of at least 4 members (excludes halogenated alkanes) is 4. The summed E-state index contributed by atoms with van der Waals surface area (Å²) in [7, 11) is 1.52. The van der Waals surface area contributed by atoms with E-state index in [1.54, 1.807) is 24.3 Å². The standard InChI is InChI=1S/C36H54N8O5/c1-3-4-5-6-7-8-33(46)39-31(37)12-13-32(38)44-17-15-26(16-18-44)24-42-19-21-43(22-20-42)28-9-10-29(27(23-28)25-45)36(49)41(2)30-11-14-34(47)40-35(30)48/h9-10,12-13,23,25-26,30H,3-8,11,14-22,24,37-38H2,1-2H3,(H,39,46)(H,40,47,48)/b31-12+,32-13+. The van der Waals surface area contributed by atoms with Gasteiger partial charge in [0.1, 0.15) is 11.9 Å². The van der Waals surface area contributed by atoms with Crippen molar-refractivity contribution in [2.45, 2.75) is 77.2 Å². The predicted octanol–water partition coefficient (Wildman–Crippen LogP) is 2.29. The van der Waals surface area contributed by atoms with Crippen molar-refractivity contribution < 1.29 is 24.0 Å². The first-order valence-corrected chi connectivity index (χ1v) is 17.7. The van der Waals surface area contributed by atoms with Crippen LogP contribution in [0.15, 0.2) is 42.0 Å². The van der Waals surface area contributed by atoms with Crippen molar-refractivity contribution in [1.29, 1.82) is 0 Å². The molecule has 6 N–H and O–H groups in total. The second kappa shape index (κ2) is 18.4. The topological polar surface area (TPSA) is 174 Å². The number of piperidine rings is 2. The molecule has 13 nitrogen and oxygen atoms in total. The van der Waals surface area contributed by atoms with E-state index in [0.29, 0.717) is 30.3 Å². The normalized spacial score (nSPS) is 19.8. The Labute approximate surface area is 290 Å². The van der Waals surface area contributed by atoms with E-state index >= 15 is 0 Å². The molecule has 3 aliphatic heterocycles. The highest BCUT2D eigenvalue weighted by molar-refractivity contribution is 6.06. The number of likely N-dealkylation sites (N-methyl/N-ethyl adjacent to an activating group) is 1. The molecule has 49 heavy (non-hydrogen) atoms. The van der Waals surface area contributed by atoms with Crippen LogP contribution in [0.25, 0.3) is 0 Å². The van der Waals surface area contributed by atoms with Gasteiger partial charge in [-0.1, -0.05) is 32.6 Å². The minimum Gasteiger partial charge on any atom is -0.385 e. The second-order valence-electron chi connectivity index (χ2n) is 13.4. The summed E-state index contributed by atoms with van der Waals surface area (Å²) in [5.41, 5.74) is 13.8. The fraction of sp³-hybridized carbons (Fsp3) is 0.583. The van der Waals surface area contributed by atoms with Crippen molar-refractivity contribution in [3.05, 3.63) is 53.1 Å². The molecule has 3 heterocycles. The van der Waals surface area contributed by atoms with Gasteiger partial charge in [-0.2, -0.15) is 0 Å². The lowest BCUT2D eigenvalue weighted by Crippen LogP contribution is -2.53. The first-order chi connectivity index (χ1) is 23.6. The van der Waals surface area contributed by atoms with E-state index in [-0.39, 0.29) is 35.8 Å². The van der Waals surface area contributed by atoms with Gasteiger partial charge >= 0.3 is 0 Å². The number of hydrogen-bond acceptors (Lipinski definition) is 10. The monoisotopic (exact) mass is 678 g/mol. The highest BCUT2D eigenvalue weighted by Gasteiger charge is 2.33. The smallest absolute Gasteiger partial charge is 0.255 e. The molecule has 1 atom stereocenters. The molecule has 3 saturated heterocycles. The highest BCUT2D eigenvalue weighted by Crippen LogP contribution is 2.25. The Balaban J connectivity index is 1.19. The summed E-state index contributed by atoms with van der Waals surface area (Å²) in [5, 5.41) is 5.02. The number of piperazine rings is 1. The number of carbonyl (C=O) groups is 5. The third kappa shape index (κ3) is 10.8. The molecule has 1 unspecified atom stereocenters. The summed E-state index contributed by atoms with van der Waals surface area (Å²) in [6.45, 7) is 8.31. The van der Waals surface area contributed by atoms with Crippen LogP contribution in [-0.4, -0.2) is 104 Å². The average Bonchev–Trinajstić information content (AvgIpc) is 3.10. The van der Waals surface area contributed by atoms with Gasteiger partial charge < -0.3 is 31.5 Å². The van der Waals surface area contributed by atoms with Crippen LogP contribution in [0.3, 0.4) is 0 Å². The lowest BCUT2D eigenvalue weighted by molar-refractivity contribution is -0.136. The van der Waals surface area contributed by atoms with E-state index in [1.807, 2.05) is 6.07 Å². The molecule has 0 saturated carbocycles. The molecule has 1 aromatic carbocycles. The third-order valence-electron chi connectivity index (χ3n) is 9.85. The summed E-state index contributed by atoms with van der Waals surface area (Å²) >= 11 is 0. The predicted molar refractivity (Wildman–Crippen MR) is 189 cm³/mol. The number of likely N-dealkylation sites (tertiary alicyclic amines) is 1. The molecule has 0 spiro atoms. The maximum atomic E-state index is 13.2. The maximum absolute atomic E-state index is 13.2. The summed E-state index contributed by atoms with van der Waals surface area (Å²) < 4.78 is 0. The minimum atomic E-state index is -0.755. The van der Waals surface area contributed by atoms with E-state index in [0.717, 1.165) is 83.6 Å². The Kier molecular flexibility index (Phi) is 14.1. The van der Waals surface area contributed by atoms with Gasteiger partial charge in [-0.25, -0.2) is 0 Å². The lowest BCUT2D eigenvalue weighted by Gasteiger charge is -2.40. The van der Waals surface area contributed by atoms with E-state index in [1.165, 1.54) is 24.8 Å². The van der Waals surface area contributed by atoms with E-state index in [9.17, 15) is 24.0 Å². The molecular formula is C36H54N8O5. The van der Waals surface area contributed by atoms with Gasteiger partial charge in [0.05, 0.1) is 11.4 Å². The zero-order valence-electron chi connectivity index (χ0n) is 29.1. The Morgan fingerprint density at radius 2 is 1.69 bits per heavy atom. The highest BCUT2D eigenvalue weighted by atomic mass is 16.2. The van der Waals surface area contributed by atoms with Crippen LogP contribution in [0.4, 0.5) is 5.69 Å². The van der Waals surface area contributed by atoms with E-state index < -0.39 is 17.9 Å². The number of carbonyl (C=O) groups excluding carboxylic acids is 5. The van der Waals surface area contributed by atoms with Gasteiger partial charge in [0.2, 0.25) is 17.7 Å². The van der Waals surface area contributed by atoms with Crippen molar-refractivity contribution in [3.8, 4) is 0 Å². The van der Waals surface area contributed by atoms with Crippen LogP contribution in [0.2, 0.25) is 0 Å². The molecular weight excluding hydrogens is 624 g/mol. The number of amides is 4. The molecule has 0 aliphatic carbocycles. The Morgan fingerprint density at radius 1 is 0.980 bits per heavy atom. The van der Waals surface area contributed by atoms with Crippen molar-refractivity contribution in [1.82, 2.24) is 25.3 Å². The van der Waals surface area contributed by atoms with Gasteiger partial charge in [-0.3, -0.25) is 34.2 Å². The number of aldehydes is 1. The largest absolute Gasteiger partial charge is 0.385 e. The van der Waals surface area contributed by atoms with Crippen LogP contribution in [0.5, 0.6) is 0 Å². The lowest BCUT2D eigenvalue weighted by atomic mass is 9.96. The molecule has 13 heteroatoms. The molecule has 4 rings (SSSR count). The summed E-state index contributed by atoms with van der Waals surface area (Å²) in [6.07, 6.45) is 12.6. The zero-order valence-corrected chi connectivity index (χ0v) is 29.1. The van der Waals surface area contributed by atoms with Gasteiger partial charge in [-0.05, 0) is 62.0 Å². The van der Waals surface area contributed by atoms with Crippen molar-refractivity contribution >= 4 is 35.6 Å². The Bertz CT molecular complexity index is 1400. The van der Waals surface area contributed by atoms with Crippen LogP contribution in [0, 0.1) is 5.92 Å². The first kappa shape index (κ1) is 37.4. The fourth-order valence-electron chi connectivity index (χ4n) is 6.78. The van der Waals surface area contributed by atoms with Crippen molar-refractivity contribution in [2.75, 3.05) is 57.8 Å². The van der Waals surface area contributed by atoms with Gasteiger partial charge in [-0.15, -0.1) is 0 Å². The van der Waals surface area contributed by atoms with Gasteiger partial charge in [0.25, 0.3) is 5.91 Å². The molecule has 268 valence electrons. The Hall–Kier alpha value is -4.39. The van der Waals surface area contributed by atoms with E-state index in [4.69, 9.17) is 11.5 Å². The van der Waals surface area contributed by atoms with Gasteiger partial charge in [0, 0.05) is 77.0 Å². The molecule has 4 amide bonds. The number of rotatable bonds is 15. The quantitative estimate of drug-likeness (QED) is 0.0933. The average molecular weight is 679 g/mol. The SMILES string of the molecule is CCCCCCCC(=O)N/C(N)=C/C=C(\N)N1CCC(CN2CCN(c3ccc(C(=O)N(C)C4CCC(=O)NC4=O)c(C=O)c3)CC2)CC1. The van der Waals surface area contributed by atoms with E-state index in [2.05, 4.69) is 32.3 Å². The summed E-state index contributed by atoms with van der Waals surface area (Å²) in [6, 6.07) is 4.50. The number of nitrogens with one attached hydrogen (secondary N) is 2. The number of imide groups is 1. The number of hydrogen-bond donors (Lipinski definition) is 4. The van der Waals surface area contributed by atoms with Crippen molar-refractivity contribution in [3.63, 3.8) is 0 Å². The van der Waals surface area contributed by atoms with Crippen LogP contribution in [0.1, 0.15) is 91.8 Å². The van der Waals surface area contributed by atoms with Crippen LogP contribution >= 0.6 is 0 Å². The maximum Gasteiger partial charge on any atom is 0.255 e. The number of allylic oxidation sites excluding steroid dienone is 2. The third-order valence-corrected chi connectivity index (χ3v) is 9.85.